The number of hydrogen-bond acceptors (Lipinski definition) is 4. The summed E-state index contributed by atoms with van der Waals surface area (Å²) in [7, 11) is 0. The maximum Gasteiger partial charge on any atom is 0.130 e. The minimum Gasteiger partial charge on any atom is -0.264 e. The largest absolute Gasteiger partial charge is 0.264 e. The lowest BCUT2D eigenvalue weighted by Gasteiger charge is -1.91. The number of pyridine rings is 2. The Labute approximate surface area is 101 Å². The van der Waals surface area contributed by atoms with Gasteiger partial charge in [0.25, 0.3) is 0 Å². The molecule has 3 aromatic heterocycles. The zero-order valence-corrected chi connectivity index (χ0v) is 9.66. The highest BCUT2D eigenvalue weighted by Crippen LogP contribution is 2.30. The number of halogens is 1. The van der Waals surface area contributed by atoms with E-state index in [1.807, 2.05) is 18.2 Å². The molecule has 3 heterocycles. The van der Waals surface area contributed by atoms with Crippen LogP contribution in [-0.4, -0.2) is 15.0 Å². The third kappa shape index (κ3) is 1.66. The van der Waals surface area contributed by atoms with Crippen molar-refractivity contribution in [3.8, 4) is 10.6 Å². The van der Waals surface area contributed by atoms with Crippen LogP contribution >= 0.6 is 22.9 Å². The molecule has 0 aliphatic heterocycles. The second kappa shape index (κ2) is 3.81. The first-order chi connectivity index (χ1) is 7.83. The van der Waals surface area contributed by atoms with Gasteiger partial charge in [-0.3, -0.25) is 4.98 Å². The lowest BCUT2D eigenvalue weighted by molar-refractivity contribution is 1.31. The van der Waals surface area contributed by atoms with Gasteiger partial charge >= 0.3 is 0 Å². The van der Waals surface area contributed by atoms with Gasteiger partial charge in [-0.15, -0.1) is 11.3 Å². The predicted octanol–water partition coefficient (Wildman–Crippen LogP) is 3.41. The third-order valence-corrected chi connectivity index (χ3v) is 3.42. The average molecular weight is 248 g/mol. The summed E-state index contributed by atoms with van der Waals surface area (Å²) in [6.07, 6.45) is 5.23. The lowest BCUT2D eigenvalue weighted by Crippen LogP contribution is -1.77. The molecule has 0 aliphatic carbocycles. The van der Waals surface area contributed by atoms with Crippen LogP contribution in [-0.2, 0) is 0 Å². The Kier molecular flexibility index (Phi) is 2.31. The molecule has 3 aromatic rings. The number of thiazole rings is 1. The Morgan fingerprint density at radius 3 is 3.00 bits per heavy atom. The van der Waals surface area contributed by atoms with E-state index in [-0.39, 0.29) is 0 Å². The molecule has 0 aromatic carbocycles. The van der Waals surface area contributed by atoms with Gasteiger partial charge in [-0.2, -0.15) is 0 Å². The molecular formula is C11H6ClN3S. The molecule has 0 aliphatic rings. The van der Waals surface area contributed by atoms with E-state index < -0.39 is 0 Å². The fourth-order valence-corrected chi connectivity index (χ4v) is 2.61. The molecule has 0 unspecified atom stereocenters. The first kappa shape index (κ1) is 9.69. The summed E-state index contributed by atoms with van der Waals surface area (Å²) in [5.41, 5.74) is 1.88. The van der Waals surface area contributed by atoms with E-state index in [1.165, 1.54) is 0 Å². The van der Waals surface area contributed by atoms with Crippen LogP contribution in [0.15, 0.2) is 36.8 Å². The average Bonchev–Trinajstić information content (AvgIpc) is 2.73. The molecule has 0 saturated carbocycles. The van der Waals surface area contributed by atoms with Crippen molar-refractivity contribution in [2.24, 2.45) is 0 Å². The molecule has 3 nitrogen and oxygen atoms in total. The van der Waals surface area contributed by atoms with E-state index in [1.54, 1.807) is 29.9 Å². The van der Waals surface area contributed by atoms with Gasteiger partial charge in [0.1, 0.15) is 15.7 Å². The van der Waals surface area contributed by atoms with Crippen LogP contribution in [0, 0.1) is 0 Å². The molecule has 0 N–H and O–H groups in total. The van der Waals surface area contributed by atoms with Crippen molar-refractivity contribution in [1.82, 2.24) is 15.0 Å². The van der Waals surface area contributed by atoms with Crippen molar-refractivity contribution in [1.29, 1.82) is 0 Å². The van der Waals surface area contributed by atoms with Crippen molar-refractivity contribution in [2.75, 3.05) is 0 Å². The molecule has 3 rings (SSSR count). The number of nitrogens with zero attached hydrogens (tertiary/aromatic N) is 3. The molecular weight excluding hydrogens is 242 g/mol. The van der Waals surface area contributed by atoms with Crippen LogP contribution in [0.5, 0.6) is 0 Å². The first-order valence-corrected chi connectivity index (χ1v) is 5.85. The van der Waals surface area contributed by atoms with Crippen LogP contribution < -0.4 is 0 Å². The van der Waals surface area contributed by atoms with Crippen molar-refractivity contribution in [3.05, 3.63) is 41.9 Å². The number of rotatable bonds is 1. The van der Waals surface area contributed by atoms with Gasteiger partial charge in [-0.05, 0) is 18.2 Å². The Bertz CT molecular complexity index is 636. The summed E-state index contributed by atoms with van der Waals surface area (Å²) in [5, 5.41) is 1.43. The predicted molar refractivity (Wildman–Crippen MR) is 65.7 cm³/mol. The highest BCUT2D eigenvalue weighted by Gasteiger charge is 2.06. The molecule has 0 bridgehead atoms. The van der Waals surface area contributed by atoms with Gasteiger partial charge in [-0.25, -0.2) is 9.97 Å². The Morgan fingerprint density at radius 2 is 2.19 bits per heavy atom. The molecule has 0 radical (unpaired) electrons. The maximum absolute atomic E-state index is 5.83. The van der Waals surface area contributed by atoms with Gasteiger partial charge in [0.05, 0.1) is 10.9 Å². The van der Waals surface area contributed by atoms with Crippen LogP contribution in [0.25, 0.3) is 20.8 Å². The van der Waals surface area contributed by atoms with Crippen LogP contribution in [0.4, 0.5) is 0 Å². The van der Waals surface area contributed by atoms with E-state index in [0.29, 0.717) is 5.15 Å². The van der Waals surface area contributed by atoms with Crippen molar-refractivity contribution in [2.45, 2.75) is 0 Å². The molecule has 0 saturated heterocycles. The number of aromatic nitrogens is 3. The zero-order chi connectivity index (χ0) is 11.0. The zero-order valence-electron chi connectivity index (χ0n) is 8.09. The third-order valence-electron chi connectivity index (χ3n) is 2.15. The summed E-state index contributed by atoms with van der Waals surface area (Å²) >= 11 is 7.42. The van der Waals surface area contributed by atoms with Crippen LogP contribution in [0.2, 0.25) is 5.15 Å². The normalized spacial score (nSPS) is 10.8. The second-order valence-corrected chi connectivity index (χ2v) is 4.65. The summed E-state index contributed by atoms with van der Waals surface area (Å²) in [4.78, 5) is 12.6. The molecule has 0 spiro atoms. The fourth-order valence-electron chi connectivity index (χ4n) is 1.42. The van der Waals surface area contributed by atoms with Gasteiger partial charge in [-0.1, -0.05) is 11.6 Å². The summed E-state index contributed by atoms with van der Waals surface area (Å²) in [6, 6.07) is 5.71. The summed E-state index contributed by atoms with van der Waals surface area (Å²) in [5.74, 6) is 0. The Hall–Kier alpha value is -1.52. The summed E-state index contributed by atoms with van der Waals surface area (Å²) in [6.45, 7) is 0. The topological polar surface area (TPSA) is 38.7 Å². The van der Waals surface area contributed by atoms with E-state index in [2.05, 4.69) is 15.0 Å². The fraction of sp³-hybridized carbons (Fsp3) is 0. The van der Waals surface area contributed by atoms with Gasteiger partial charge in [0.2, 0.25) is 0 Å². The first-order valence-electron chi connectivity index (χ1n) is 4.65. The standard InChI is InChI=1S/C11H6ClN3S/c12-10-4-9-8(6-14-10)15-11(16-9)7-2-1-3-13-5-7/h1-6H. The van der Waals surface area contributed by atoms with Gasteiger partial charge in [0, 0.05) is 18.0 Å². The van der Waals surface area contributed by atoms with Gasteiger partial charge in [0.15, 0.2) is 0 Å². The number of hydrogen-bond donors (Lipinski definition) is 0. The van der Waals surface area contributed by atoms with Crippen LogP contribution in [0.3, 0.4) is 0 Å². The van der Waals surface area contributed by atoms with E-state index in [4.69, 9.17) is 11.6 Å². The highest BCUT2D eigenvalue weighted by molar-refractivity contribution is 7.21. The highest BCUT2D eigenvalue weighted by atomic mass is 35.5. The minimum atomic E-state index is 0.494. The van der Waals surface area contributed by atoms with E-state index in [9.17, 15) is 0 Å². The molecule has 0 atom stereocenters. The molecule has 0 fully saturated rings. The summed E-state index contributed by atoms with van der Waals surface area (Å²) < 4.78 is 1.04. The maximum atomic E-state index is 5.83. The smallest absolute Gasteiger partial charge is 0.130 e. The number of fused-ring (bicyclic) bond motifs is 1. The molecule has 0 amide bonds. The molecule has 78 valence electrons. The lowest BCUT2D eigenvalue weighted by atomic mass is 10.3. The Morgan fingerprint density at radius 1 is 1.25 bits per heavy atom. The minimum absolute atomic E-state index is 0.494. The van der Waals surface area contributed by atoms with Crippen molar-refractivity contribution < 1.29 is 0 Å². The van der Waals surface area contributed by atoms with E-state index in [0.717, 1.165) is 20.8 Å². The van der Waals surface area contributed by atoms with Crippen molar-refractivity contribution >= 4 is 33.2 Å². The van der Waals surface area contributed by atoms with Gasteiger partial charge < -0.3 is 0 Å². The molecule has 5 heteroatoms. The monoisotopic (exact) mass is 247 g/mol. The van der Waals surface area contributed by atoms with Crippen molar-refractivity contribution in [3.63, 3.8) is 0 Å². The van der Waals surface area contributed by atoms with Crippen LogP contribution in [0.1, 0.15) is 0 Å². The SMILES string of the molecule is Clc1cc2sc(-c3cccnc3)nc2cn1. The quantitative estimate of drug-likeness (QED) is 0.619. The Balaban J connectivity index is 2.19. The molecule has 16 heavy (non-hydrogen) atoms. The van der Waals surface area contributed by atoms with E-state index >= 15 is 0 Å². The second-order valence-electron chi connectivity index (χ2n) is 3.24.